The van der Waals surface area contributed by atoms with E-state index in [1.165, 1.54) is 0 Å². The number of halogens is 2. The molecule has 6 heteroatoms. The lowest BCUT2D eigenvalue weighted by Crippen LogP contribution is -2.04. The van der Waals surface area contributed by atoms with Gasteiger partial charge in [0.2, 0.25) is 0 Å². The summed E-state index contributed by atoms with van der Waals surface area (Å²) in [6, 6.07) is 20.5. The number of aliphatic carboxylic acids is 1. The molecule has 1 aliphatic rings. The van der Waals surface area contributed by atoms with Crippen LogP contribution in [0.15, 0.2) is 76.5 Å². The van der Waals surface area contributed by atoms with E-state index in [9.17, 15) is 14.3 Å². The normalized spacial score (nSPS) is 15.4. The van der Waals surface area contributed by atoms with E-state index in [1.807, 2.05) is 54.6 Å². The van der Waals surface area contributed by atoms with Crippen LogP contribution in [0.5, 0.6) is 0 Å². The predicted molar refractivity (Wildman–Crippen MR) is 123 cm³/mol. The summed E-state index contributed by atoms with van der Waals surface area (Å²) in [7, 11) is 0. The summed E-state index contributed by atoms with van der Waals surface area (Å²) in [5.41, 5.74) is 3.56. The van der Waals surface area contributed by atoms with Crippen molar-refractivity contribution in [2.45, 2.75) is 35.1 Å². The van der Waals surface area contributed by atoms with Gasteiger partial charge >= 0.3 is 5.97 Å². The van der Waals surface area contributed by atoms with Crippen LogP contribution >= 0.6 is 23.4 Å². The zero-order valence-electron chi connectivity index (χ0n) is 16.5. The van der Waals surface area contributed by atoms with Crippen molar-refractivity contribution in [3.8, 4) is 11.1 Å². The van der Waals surface area contributed by atoms with Gasteiger partial charge in [-0.15, -0.1) is 0 Å². The topological polar surface area (TPSA) is 42.2 Å². The molecule has 1 N–H and O–H groups in total. The molecule has 2 heterocycles. The monoisotopic (exact) mass is 451 g/mol. The maximum Gasteiger partial charge on any atom is 0.304 e. The van der Waals surface area contributed by atoms with E-state index in [0.29, 0.717) is 11.6 Å². The van der Waals surface area contributed by atoms with Gasteiger partial charge in [0.05, 0.1) is 11.9 Å². The first kappa shape index (κ1) is 20.2. The van der Waals surface area contributed by atoms with E-state index in [-0.39, 0.29) is 18.2 Å². The minimum absolute atomic E-state index is 0.0631. The van der Waals surface area contributed by atoms with Crippen molar-refractivity contribution in [2.24, 2.45) is 0 Å². The molecule has 0 radical (unpaired) electrons. The smallest absolute Gasteiger partial charge is 0.304 e. The van der Waals surface area contributed by atoms with Crippen molar-refractivity contribution in [3.63, 3.8) is 0 Å². The zero-order valence-corrected chi connectivity index (χ0v) is 18.1. The molecule has 1 unspecified atom stereocenters. The Morgan fingerprint density at radius 1 is 1.13 bits per heavy atom. The Hall–Kier alpha value is -2.76. The quantitative estimate of drug-likeness (QED) is 0.348. The van der Waals surface area contributed by atoms with Crippen LogP contribution in [0.25, 0.3) is 22.0 Å². The Morgan fingerprint density at radius 2 is 1.87 bits per heavy atom. The fourth-order valence-electron chi connectivity index (χ4n) is 4.47. The third-order valence-corrected chi connectivity index (χ3v) is 7.13. The molecule has 0 saturated heterocycles. The fourth-order valence-corrected chi connectivity index (χ4v) is 5.80. The van der Waals surface area contributed by atoms with Gasteiger partial charge in [0.25, 0.3) is 0 Å². The van der Waals surface area contributed by atoms with Gasteiger partial charge in [0, 0.05) is 38.4 Å². The molecule has 3 nitrogen and oxygen atoms in total. The average Bonchev–Trinajstić information content (AvgIpc) is 3.29. The number of aromatic nitrogens is 1. The maximum atomic E-state index is 14.7. The number of carbonyl (C=O) groups is 1. The molecule has 156 valence electrons. The summed E-state index contributed by atoms with van der Waals surface area (Å²) in [5.74, 6) is -1.22. The van der Waals surface area contributed by atoms with Gasteiger partial charge in [-0.1, -0.05) is 53.7 Å². The predicted octanol–water partition coefficient (Wildman–Crippen LogP) is 7.21. The highest BCUT2D eigenvalue weighted by atomic mass is 35.5. The second-order valence-electron chi connectivity index (χ2n) is 7.72. The number of hydrogen-bond donors (Lipinski definition) is 1. The van der Waals surface area contributed by atoms with Crippen LogP contribution in [0.1, 0.15) is 24.5 Å². The van der Waals surface area contributed by atoms with E-state index < -0.39 is 5.97 Å². The van der Waals surface area contributed by atoms with Crippen LogP contribution < -0.4 is 0 Å². The van der Waals surface area contributed by atoms with Crippen LogP contribution in [0.4, 0.5) is 4.39 Å². The van der Waals surface area contributed by atoms with Crippen molar-refractivity contribution < 1.29 is 14.3 Å². The van der Waals surface area contributed by atoms with Crippen molar-refractivity contribution in [1.29, 1.82) is 0 Å². The first-order valence-electron chi connectivity index (χ1n) is 10.1. The highest BCUT2D eigenvalue weighted by molar-refractivity contribution is 7.99. The highest BCUT2D eigenvalue weighted by Crippen LogP contribution is 2.49. The number of aryl methyl sites for hydroxylation is 1. The van der Waals surface area contributed by atoms with Gasteiger partial charge in [-0.05, 0) is 53.9 Å². The third kappa shape index (κ3) is 3.73. The molecular formula is C25H19ClFNO2S. The highest BCUT2D eigenvalue weighted by Gasteiger charge is 2.32. The minimum atomic E-state index is -0.819. The van der Waals surface area contributed by atoms with Gasteiger partial charge in [0.1, 0.15) is 5.82 Å². The van der Waals surface area contributed by atoms with Crippen molar-refractivity contribution >= 4 is 40.2 Å². The SMILES string of the molecule is O=C(O)CC1CCn2c1c(Sc1ccc(Cl)cc1)c1c(-c3ccccc3)cc(F)cc12. The van der Waals surface area contributed by atoms with E-state index in [1.54, 1.807) is 23.9 Å². The molecule has 31 heavy (non-hydrogen) atoms. The summed E-state index contributed by atoms with van der Waals surface area (Å²) in [4.78, 5) is 13.5. The number of benzene rings is 3. The lowest BCUT2D eigenvalue weighted by Gasteiger charge is -2.12. The standard InChI is InChI=1S/C25H19ClFNO2S/c26-17-6-8-19(9-7-17)31-25-23-20(15-4-2-1-3-5-15)13-18(27)14-21(23)28-11-10-16(24(25)28)12-22(29)30/h1-9,13-14,16H,10-12H2,(H,29,30). The molecule has 0 aliphatic carbocycles. The first-order chi connectivity index (χ1) is 15.0. The van der Waals surface area contributed by atoms with Crippen LogP contribution in [0, 0.1) is 5.82 Å². The lowest BCUT2D eigenvalue weighted by atomic mass is 9.97. The number of hydrogen-bond acceptors (Lipinski definition) is 2. The molecule has 0 spiro atoms. The van der Waals surface area contributed by atoms with Crippen LogP contribution in [0.2, 0.25) is 5.02 Å². The van der Waals surface area contributed by atoms with E-state index in [4.69, 9.17) is 11.6 Å². The third-order valence-electron chi connectivity index (χ3n) is 5.75. The summed E-state index contributed by atoms with van der Waals surface area (Å²) in [6.45, 7) is 0.683. The molecule has 0 bridgehead atoms. The number of carboxylic acids is 1. The number of rotatable bonds is 5. The van der Waals surface area contributed by atoms with E-state index >= 15 is 0 Å². The summed E-state index contributed by atoms with van der Waals surface area (Å²) in [5, 5.41) is 11.1. The second-order valence-corrected chi connectivity index (χ2v) is 9.24. The second kappa shape index (κ2) is 8.06. The summed E-state index contributed by atoms with van der Waals surface area (Å²) in [6.07, 6.45) is 0.802. The summed E-state index contributed by atoms with van der Waals surface area (Å²) < 4.78 is 16.8. The fraction of sp³-hybridized carbons (Fsp3) is 0.160. The van der Waals surface area contributed by atoms with E-state index in [0.717, 1.165) is 43.9 Å². The van der Waals surface area contributed by atoms with Crippen LogP contribution in [0.3, 0.4) is 0 Å². The summed E-state index contributed by atoms with van der Waals surface area (Å²) >= 11 is 7.65. The largest absolute Gasteiger partial charge is 0.481 e. The van der Waals surface area contributed by atoms with Crippen molar-refractivity contribution in [3.05, 3.63) is 83.3 Å². The molecule has 1 atom stereocenters. The number of carboxylic acid groups (broad SMARTS) is 1. The van der Waals surface area contributed by atoms with Crippen molar-refractivity contribution in [1.82, 2.24) is 4.57 Å². The molecule has 0 fully saturated rings. The molecule has 1 aromatic heterocycles. The first-order valence-corrected chi connectivity index (χ1v) is 11.3. The van der Waals surface area contributed by atoms with Crippen LogP contribution in [-0.4, -0.2) is 15.6 Å². The molecule has 1 aliphatic heterocycles. The lowest BCUT2D eigenvalue weighted by molar-refractivity contribution is -0.137. The number of fused-ring (bicyclic) bond motifs is 3. The van der Waals surface area contributed by atoms with Gasteiger partial charge in [-0.2, -0.15) is 0 Å². The van der Waals surface area contributed by atoms with Crippen molar-refractivity contribution in [2.75, 3.05) is 0 Å². The van der Waals surface area contributed by atoms with Gasteiger partial charge in [-0.25, -0.2) is 4.39 Å². The Balaban J connectivity index is 1.78. The molecule has 0 saturated carbocycles. The Morgan fingerprint density at radius 3 is 2.58 bits per heavy atom. The molecule has 5 rings (SSSR count). The van der Waals surface area contributed by atoms with Gasteiger partial charge in [0.15, 0.2) is 0 Å². The van der Waals surface area contributed by atoms with Crippen LogP contribution in [-0.2, 0) is 11.3 Å². The Kier molecular flexibility index (Phi) is 5.24. The molecule has 0 amide bonds. The average molecular weight is 452 g/mol. The maximum absolute atomic E-state index is 14.7. The molecule has 4 aromatic rings. The molecular weight excluding hydrogens is 433 g/mol. The minimum Gasteiger partial charge on any atom is -0.481 e. The van der Waals surface area contributed by atoms with Gasteiger partial charge in [-0.3, -0.25) is 4.79 Å². The number of nitrogens with zero attached hydrogens (tertiary/aromatic N) is 1. The molecule has 3 aromatic carbocycles. The zero-order chi connectivity index (χ0) is 21.5. The Bertz CT molecular complexity index is 1280. The Labute approximate surface area is 188 Å². The van der Waals surface area contributed by atoms with E-state index in [2.05, 4.69) is 4.57 Å². The van der Waals surface area contributed by atoms with Gasteiger partial charge < -0.3 is 9.67 Å².